The Balaban J connectivity index is 1.70. The van der Waals surface area contributed by atoms with Gasteiger partial charge >= 0.3 is 0 Å². The Labute approximate surface area is 120 Å². The van der Waals surface area contributed by atoms with Gasteiger partial charge < -0.3 is 10.1 Å². The lowest BCUT2D eigenvalue weighted by atomic mass is 9.94. The lowest BCUT2D eigenvalue weighted by molar-refractivity contribution is 0.356. The summed E-state index contributed by atoms with van der Waals surface area (Å²) in [4.78, 5) is 0. The second-order valence-electron chi connectivity index (χ2n) is 5.89. The summed E-state index contributed by atoms with van der Waals surface area (Å²) in [6.45, 7) is 6.13. The average molecular weight is 267 g/mol. The largest absolute Gasteiger partial charge is 0.493 e. The minimum atomic E-state index is -0.0310. The van der Waals surface area contributed by atoms with Crippen molar-refractivity contribution in [2.24, 2.45) is 0 Å². The zero-order valence-corrected chi connectivity index (χ0v) is 12.1. The molecule has 2 heteroatoms. The third-order valence-corrected chi connectivity index (χ3v) is 3.98. The number of hydrogen-bond acceptors (Lipinski definition) is 2. The highest BCUT2D eigenvalue weighted by Gasteiger charge is 2.19. The number of fused-ring (bicyclic) bond motifs is 1. The third kappa shape index (κ3) is 2.70. The van der Waals surface area contributed by atoms with E-state index >= 15 is 0 Å². The van der Waals surface area contributed by atoms with Gasteiger partial charge in [-0.2, -0.15) is 0 Å². The molecule has 0 aromatic heterocycles. The molecule has 20 heavy (non-hydrogen) atoms. The fourth-order valence-corrected chi connectivity index (χ4v) is 2.63. The van der Waals surface area contributed by atoms with Crippen LogP contribution < -0.4 is 10.1 Å². The van der Waals surface area contributed by atoms with Gasteiger partial charge in [0.2, 0.25) is 0 Å². The van der Waals surface area contributed by atoms with E-state index in [9.17, 15) is 0 Å². The molecule has 0 atom stereocenters. The van der Waals surface area contributed by atoms with E-state index < -0.39 is 0 Å². The molecule has 0 radical (unpaired) electrons. The molecule has 1 aliphatic heterocycles. The van der Waals surface area contributed by atoms with Gasteiger partial charge in [-0.3, -0.25) is 0 Å². The van der Waals surface area contributed by atoms with Crippen molar-refractivity contribution >= 4 is 0 Å². The molecule has 0 unspecified atom stereocenters. The van der Waals surface area contributed by atoms with Crippen molar-refractivity contribution in [1.29, 1.82) is 0 Å². The van der Waals surface area contributed by atoms with Crippen LogP contribution in [0.3, 0.4) is 0 Å². The first-order valence-corrected chi connectivity index (χ1v) is 7.20. The summed E-state index contributed by atoms with van der Waals surface area (Å²) in [5, 5.41) is 3.64. The van der Waals surface area contributed by atoms with Gasteiger partial charge in [0.15, 0.2) is 0 Å². The minimum absolute atomic E-state index is 0.0310. The Morgan fingerprint density at radius 3 is 2.70 bits per heavy atom. The van der Waals surface area contributed by atoms with E-state index in [0.717, 1.165) is 25.3 Å². The van der Waals surface area contributed by atoms with Crippen molar-refractivity contribution < 1.29 is 4.74 Å². The number of hydrogen-bond donors (Lipinski definition) is 1. The van der Waals surface area contributed by atoms with Crippen LogP contribution in [0.2, 0.25) is 0 Å². The zero-order valence-electron chi connectivity index (χ0n) is 12.1. The lowest BCUT2D eigenvalue weighted by Gasteiger charge is -2.27. The molecule has 0 amide bonds. The zero-order chi connectivity index (χ0) is 14.0. The summed E-state index contributed by atoms with van der Waals surface area (Å²) >= 11 is 0. The van der Waals surface area contributed by atoms with E-state index in [2.05, 4.69) is 67.7 Å². The van der Waals surface area contributed by atoms with Crippen LogP contribution in [0.25, 0.3) is 0 Å². The van der Waals surface area contributed by atoms with Crippen LogP contribution in [0.4, 0.5) is 0 Å². The van der Waals surface area contributed by atoms with Crippen molar-refractivity contribution in [2.75, 3.05) is 6.61 Å². The van der Waals surface area contributed by atoms with Gasteiger partial charge in [-0.25, -0.2) is 0 Å². The number of nitrogens with one attached hydrogen (secondary N) is 1. The monoisotopic (exact) mass is 267 g/mol. The predicted octanol–water partition coefficient (Wildman–Crippen LogP) is 3.65. The molecule has 2 aromatic rings. The summed E-state index contributed by atoms with van der Waals surface area (Å²) in [7, 11) is 0. The van der Waals surface area contributed by atoms with E-state index in [4.69, 9.17) is 4.74 Å². The van der Waals surface area contributed by atoms with E-state index in [0.29, 0.717) is 0 Å². The lowest BCUT2D eigenvalue weighted by Crippen LogP contribution is -2.35. The molecule has 2 aromatic carbocycles. The Morgan fingerprint density at radius 1 is 1.10 bits per heavy atom. The number of benzene rings is 2. The summed E-state index contributed by atoms with van der Waals surface area (Å²) in [6.07, 6.45) is 1.03. The molecule has 0 spiro atoms. The van der Waals surface area contributed by atoms with Crippen LogP contribution >= 0.6 is 0 Å². The van der Waals surface area contributed by atoms with Crippen molar-refractivity contribution in [1.82, 2.24) is 5.32 Å². The standard InChI is InChI=1S/C18H21NO/c1-18(2,16-6-4-3-5-7-16)19-13-14-8-9-17-15(12-14)10-11-20-17/h3-9,12,19H,10-11,13H2,1-2H3. The highest BCUT2D eigenvalue weighted by molar-refractivity contribution is 5.39. The van der Waals surface area contributed by atoms with Crippen LogP contribution in [0.1, 0.15) is 30.5 Å². The van der Waals surface area contributed by atoms with E-state index in [1.165, 1.54) is 16.7 Å². The fourth-order valence-electron chi connectivity index (χ4n) is 2.63. The van der Waals surface area contributed by atoms with Crippen LogP contribution in [0.15, 0.2) is 48.5 Å². The molecule has 1 heterocycles. The third-order valence-electron chi connectivity index (χ3n) is 3.98. The molecule has 0 fully saturated rings. The van der Waals surface area contributed by atoms with E-state index in [-0.39, 0.29) is 5.54 Å². The molecule has 0 saturated carbocycles. The van der Waals surface area contributed by atoms with Crippen molar-refractivity contribution in [3.63, 3.8) is 0 Å². The van der Waals surface area contributed by atoms with Crippen LogP contribution in [0.5, 0.6) is 5.75 Å². The Morgan fingerprint density at radius 2 is 1.90 bits per heavy atom. The number of rotatable bonds is 4. The topological polar surface area (TPSA) is 21.3 Å². The first-order valence-electron chi connectivity index (χ1n) is 7.20. The fraction of sp³-hybridized carbons (Fsp3) is 0.333. The van der Waals surface area contributed by atoms with Crippen molar-refractivity contribution in [2.45, 2.75) is 32.4 Å². The van der Waals surface area contributed by atoms with Crippen molar-refractivity contribution in [3.05, 3.63) is 65.2 Å². The summed E-state index contributed by atoms with van der Waals surface area (Å²) < 4.78 is 5.55. The van der Waals surface area contributed by atoms with Gasteiger partial charge in [-0.1, -0.05) is 42.5 Å². The Kier molecular flexibility index (Phi) is 3.49. The second-order valence-corrected chi connectivity index (χ2v) is 5.89. The van der Waals surface area contributed by atoms with Crippen LogP contribution in [-0.2, 0) is 18.5 Å². The molecule has 1 N–H and O–H groups in total. The van der Waals surface area contributed by atoms with Crippen molar-refractivity contribution in [3.8, 4) is 5.75 Å². The molecule has 0 saturated heterocycles. The normalized spacial score (nSPS) is 13.9. The molecule has 3 rings (SSSR count). The van der Waals surface area contributed by atoms with Gasteiger partial charge in [0.25, 0.3) is 0 Å². The summed E-state index contributed by atoms with van der Waals surface area (Å²) in [6, 6.07) is 17.1. The maximum absolute atomic E-state index is 5.55. The highest BCUT2D eigenvalue weighted by Crippen LogP contribution is 2.26. The SMILES string of the molecule is CC(C)(NCc1ccc2c(c1)CCO2)c1ccccc1. The summed E-state index contributed by atoms with van der Waals surface area (Å²) in [5.41, 5.74) is 3.93. The van der Waals surface area contributed by atoms with Gasteiger partial charge in [-0.15, -0.1) is 0 Å². The highest BCUT2D eigenvalue weighted by atomic mass is 16.5. The maximum Gasteiger partial charge on any atom is 0.122 e. The van der Waals surface area contributed by atoms with Crippen LogP contribution in [-0.4, -0.2) is 6.61 Å². The van der Waals surface area contributed by atoms with Gasteiger partial charge in [0.1, 0.15) is 5.75 Å². The Hall–Kier alpha value is -1.80. The smallest absolute Gasteiger partial charge is 0.122 e. The van der Waals surface area contributed by atoms with Gasteiger partial charge in [-0.05, 0) is 36.6 Å². The molecular weight excluding hydrogens is 246 g/mol. The molecule has 2 nitrogen and oxygen atoms in total. The summed E-state index contributed by atoms with van der Waals surface area (Å²) in [5.74, 6) is 1.05. The van der Waals surface area contributed by atoms with Gasteiger partial charge in [0, 0.05) is 18.5 Å². The quantitative estimate of drug-likeness (QED) is 0.913. The molecule has 0 aliphatic carbocycles. The molecule has 1 aliphatic rings. The number of ether oxygens (including phenoxy) is 1. The van der Waals surface area contributed by atoms with E-state index in [1.54, 1.807) is 0 Å². The second kappa shape index (κ2) is 5.29. The van der Waals surface area contributed by atoms with Crippen LogP contribution in [0, 0.1) is 0 Å². The van der Waals surface area contributed by atoms with Gasteiger partial charge in [0.05, 0.1) is 6.61 Å². The Bertz CT molecular complexity index is 590. The molecule has 0 bridgehead atoms. The molecular formula is C18H21NO. The molecule has 104 valence electrons. The van der Waals surface area contributed by atoms with E-state index in [1.807, 2.05) is 0 Å². The predicted molar refractivity (Wildman–Crippen MR) is 81.9 cm³/mol. The maximum atomic E-state index is 5.55. The first-order chi connectivity index (χ1) is 9.65. The average Bonchev–Trinajstić information content (AvgIpc) is 2.94. The first kappa shape index (κ1) is 13.2. The minimum Gasteiger partial charge on any atom is -0.493 e.